The number of aryl methyl sites for hydroxylation is 2. The van der Waals surface area contributed by atoms with Gasteiger partial charge >= 0.3 is 0 Å². The van der Waals surface area contributed by atoms with Crippen LogP contribution in [0.5, 0.6) is 0 Å². The monoisotopic (exact) mass is 634 g/mol. The van der Waals surface area contributed by atoms with Crippen molar-refractivity contribution < 1.29 is 9.13 Å². The molecule has 4 heterocycles. The molecule has 4 aromatic carbocycles. The molecule has 4 aromatic heterocycles. The molecule has 0 radical (unpaired) electrons. The topological polar surface area (TPSA) is 95.8 Å². The zero-order chi connectivity index (χ0) is 33.1. The Bertz CT molecular complexity index is 2620. The van der Waals surface area contributed by atoms with Crippen molar-refractivity contribution in [2.45, 2.75) is 19.9 Å². The average Bonchev–Trinajstić information content (AvgIpc) is 3.87. The molecular weight excluding hydrogens is 604 g/mol. The van der Waals surface area contributed by atoms with Gasteiger partial charge in [0.15, 0.2) is 0 Å². The first-order valence-corrected chi connectivity index (χ1v) is 15.6. The molecule has 0 aliphatic heterocycles. The van der Waals surface area contributed by atoms with Crippen LogP contribution in [-0.2, 0) is 20.0 Å². The fourth-order valence-corrected chi connectivity index (χ4v) is 6.32. The van der Waals surface area contributed by atoms with Gasteiger partial charge in [0.05, 0.1) is 40.0 Å². The Kier molecular flexibility index (Phi) is 6.73. The summed E-state index contributed by atoms with van der Waals surface area (Å²) in [6.45, 7) is 2.87. The normalized spacial score (nSPS) is 11.6. The van der Waals surface area contributed by atoms with E-state index in [1.165, 1.54) is 23.3 Å². The molecular formula is C38H30N6O4+2. The third-order valence-corrected chi connectivity index (χ3v) is 8.96. The molecule has 10 nitrogen and oxygen atoms in total. The van der Waals surface area contributed by atoms with E-state index in [2.05, 4.69) is 35.8 Å². The van der Waals surface area contributed by atoms with Crippen LogP contribution in [-0.4, -0.2) is 18.3 Å². The number of hydrogen-bond acceptors (Lipinski definition) is 4. The van der Waals surface area contributed by atoms with Gasteiger partial charge in [-0.25, -0.2) is 27.4 Å². The largest absolute Gasteiger partial charge is 0.268 e. The maximum atomic E-state index is 13.6. The van der Waals surface area contributed by atoms with E-state index in [1.54, 1.807) is 24.3 Å². The third kappa shape index (κ3) is 4.73. The summed E-state index contributed by atoms with van der Waals surface area (Å²) in [6, 6.07) is 25.5. The minimum Gasteiger partial charge on any atom is -0.268 e. The summed E-state index contributed by atoms with van der Waals surface area (Å²) in [5.74, 6) is 0. The summed E-state index contributed by atoms with van der Waals surface area (Å²) in [5.41, 5.74) is 2.88. The minimum atomic E-state index is -0.540. The summed E-state index contributed by atoms with van der Waals surface area (Å²) < 4.78 is 10.0. The number of fused-ring (bicyclic) bond motifs is 2. The van der Waals surface area contributed by atoms with Crippen molar-refractivity contribution in [1.29, 1.82) is 0 Å². The number of nitrogens with zero attached hydrogens (tertiary/aromatic N) is 6. The average molecular weight is 635 g/mol. The van der Waals surface area contributed by atoms with E-state index in [4.69, 9.17) is 0 Å². The molecule has 0 saturated heterocycles. The lowest BCUT2D eigenvalue weighted by molar-refractivity contribution is -0.687. The van der Waals surface area contributed by atoms with Crippen LogP contribution in [0.25, 0.3) is 44.3 Å². The summed E-state index contributed by atoms with van der Waals surface area (Å²) in [6.07, 6.45) is 12.6. The Hall–Kier alpha value is -6.42. The highest BCUT2D eigenvalue weighted by atomic mass is 16.2. The van der Waals surface area contributed by atoms with Crippen LogP contribution in [0.1, 0.15) is 18.1 Å². The van der Waals surface area contributed by atoms with Gasteiger partial charge in [-0.1, -0.05) is 31.2 Å². The van der Waals surface area contributed by atoms with Crippen molar-refractivity contribution in [3.05, 3.63) is 175 Å². The summed E-state index contributed by atoms with van der Waals surface area (Å²) in [4.78, 5) is 54.1. The highest BCUT2D eigenvalue weighted by molar-refractivity contribution is 5.98. The lowest BCUT2D eigenvalue weighted by atomic mass is 10.1. The fraction of sp³-hybridized carbons (Fsp3) is 0.105. The molecule has 0 amide bonds. The first kappa shape index (κ1) is 29.0. The molecule has 8 aromatic rings. The molecule has 48 heavy (non-hydrogen) atoms. The summed E-state index contributed by atoms with van der Waals surface area (Å²) in [5, 5.41) is 0.391. The van der Waals surface area contributed by atoms with E-state index >= 15 is 0 Å². The molecule has 0 atom stereocenters. The number of imidazole rings is 2. The number of rotatable bonds is 7. The third-order valence-electron chi connectivity index (χ3n) is 8.96. The second-order valence-electron chi connectivity index (χ2n) is 12.0. The second kappa shape index (κ2) is 11.1. The fourth-order valence-electron chi connectivity index (χ4n) is 6.32. The van der Waals surface area contributed by atoms with Crippen molar-refractivity contribution in [2.75, 3.05) is 0 Å². The smallest absolute Gasteiger partial charge is 0.266 e. The van der Waals surface area contributed by atoms with Gasteiger partial charge in [0, 0.05) is 0 Å². The van der Waals surface area contributed by atoms with Crippen LogP contribution in [0, 0.1) is 0 Å². The van der Waals surface area contributed by atoms with Crippen molar-refractivity contribution in [3.63, 3.8) is 0 Å². The Morgan fingerprint density at radius 2 is 0.938 bits per heavy atom. The van der Waals surface area contributed by atoms with Crippen molar-refractivity contribution in [2.24, 2.45) is 7.05 Å². The zero-order valence-electron chi connectivity index (χ0n) is 26.3. The maximum absolute atomic E-state index is 13.6. The van der Waals surface area contributed by atoms with E-state index in [0.717, 1.165) is 33.5 Å². The van der Waals surface area contributed by atoms with Gasteiger partial charge in [0.2, 0.25) is 12.7 Å². The quantitative estimate of drug-likeness (QED) is 0.252. The van der Waals surface area contributed by atoms with E-state index in [0.29, 0.717) is 11.4 Å². The SMILES string of the molecule is CCc1ccc(C[n+]2ccn(-c3ccc(-n4c(=O)c5cc6c(=O)n(-c7ccc(-n8cc[n+](C)c8)cc7)c(=O)c6cc5c4=O)cc3)c2)cc1. The zero-order valence-corrected chi connectivity index (χ0v) is 26.3. The van der Waals surface area contributed by atoms with Crippen LogP contribution in [0.4, 0.5) is 0 Å². The first-order valence-electron chi connectivity index (χ1n) is 15.6. The summed E-state index contributed by atoms with van der Waals surface area (Å²) >= 11 is 0. The maximum Gasteiger partial charge on any atom is 0.266 e. The van der Waals surface area contributed by atoms with Crippen LogP contribution < -0.4 is 31.4 Å². The molecule has 8 rings (SSSR count). The highest BCUT2D eigenvalue weighted by Gasteiger charge is 2.21. The predicted octanol–water partition coefficient (Wildman–Crippen LogP) is 3.19. The minimum absolute atomic E-state index is 0.0973. The Labute approximate surface area is 273 Å². The molecule has 10 heteroatoms. The van der Waals surface area contributed by atoms with Gasteiger partial charge in [-0.05, 0) is 78.2 Å². The second-order valence-corrected chi connectivity index (χ2v) is 12.0. The van der Waals surface area contributed by atoms with Gasteiger partial charge in [-0.15, -0.1) is 0 Å². The molecule has 234 valence electrons. The van der Waals surface area contributed by atoms with Gasteiger partial charge in [0.25, 0.3) is 22.2 Å². The van der Waals surface area contributed by atoms with E-state index in [9.17, 15) is 19.2 Å². The van der Waals surface area contributed by atoms with Gasteiger partial charge in [-0.3, -0.25) is 19.2 Å². The van der Waals surface area contributed by atoms with E-state index in [1.807, 2.05) is 82.5 Å². The Morgan fingerprint density at radius 3 is 1.38 bits per heavy atom. The van der Waals surface area contributed by atoms with Crippen molar-refractivity contribution >= 4 is 21.5 Å². The standard InChI is InChI=1S/C38H30N6O4/c1-3-25-4-6-26(7-5-25)22-40-17-19-42(24-40)28-10-14-30(15-11-28)44-37(47)33-20-31-32(21-34(33)38(44)48)36(46)43(35(31)45)29-12-8-27(9-13-29)41-18-16-39(2)23-41/h4-21,23-24H,3,22H2,1-2H3/q+2. The molecule has 0 spiro atoms. The van der Waals surface area contributed by atoms with E-state index in [-0.39, 0.29) is 21.5 Å². The molecule has 0 N–H and O–H groups in total. The molecule has 0 saturated carbocycles. The summed E-state index contributed by atoms with van der Waals surface area (Å²) in [7, 11) is 1.92. The van der Waals surface area contributed by atoms with Crippen LogP contribution >= 0.6 is 0 Å². The molecule has 0 aliphatic carbocycles. The van der Waals surface area contributed by atoms with Gasteiger partial charge < -0.3 is 0 Å². The number of aromatic nitrogens is 6. The van der Waals surface area contributed by atoms with Crippen LogP contribution in [0.15, 0.2) is 142 Å². The Balaban J connectivity index is 1.10. The molecule has 0 unspecified atom stereocenters. The van der Waals surface area contributed by atoms with Crippen LogP contribution in [0.3, 0.4) is 0 Å². The van der Waals surface area contributed by atoms with Gasteiger partial charge in [-0.2, -0.15) is 0 Å². The highest BCUT2D eigenvalue weighted by Crippen LogP contribution is 2.19. The Morgan fingerprint density at radius 1 is 0.521 bits per heavy atom. The van der Waals surface area contributed by atoms with Crippen LogP contribution in [0.2, 0.25) is 0 Å². The lowest BCUT2D eigenvalue weighted by Gasteiger charge is -2.02. The van der Waals surface area contributed by atoms with Crippen molar-refractivity contribution in [3.8, 4) is 22.7 Å². The molecule has 0 fully saturated rings. The van der Waals surface area contributed by atoms with E-state index < -0.39 is 22.2 Å². The van der Waals surface area contributed by atoms with Gasteiger partial charge in [0.1, 0.15) is 42.7 Å². The lowest BCUT2D eigenvalue weighted by Crippen LogP contribution is -2.31. The molecule has 0 bridgehead atoms. The number of hydrogen-bond donors (Lipinski definition) is 0. The number of benzene rings is 4. The molecule has 0 aliphatic rings. The first-order chi connectivity index (χ1) is 23.3. The van der Waals surface area contributed by atoms with Crippen molar-refractivity contribution in [1.82, 2.24) is 18.3 Å². The predicted molar refractivity (Wildman–Crippen MR) is 183 cm³/mol.